The van der Waals surface area contributed by atoms with Crippen molar-refractivity contribution < 1.29 is 27.7 Å². The van der Waals surface area contributed by atoms with Gasteiger partial charge in [-0.3, -0.25) is 4.79 Å². The summed E-state index contributed by atoms with van der Waals surface area (Å²) in [4.78, 5) is 12.4. The Hall–Kier alpha value is -3.10. The zero-order chi connectivity index (χ0) is 22.7. The van der Waals surface area contributed by atoms with E-state index in [-0.39, 0.29) is 23.3 Å². The molecule has 0 N–H and O–H groups in total. The third-order valence-corrected chi connectivity index (χ3v) is 5.06. The fraction of sp³-hybridized carbons (Fsp3) is 0.227. The Morgan fingerprint density at radius 1 is 0.935 bits per heavy atom. The largest absolute Gasteiger partial charge is 0.497 e. The van der Waals surface area contributed by atoms with Crippen LogP contribution in [0.3, 0.4) is 0 Å². The van der Waals surface area contributed by atoms with Crippen molar-refractivity contribution in [2.24, 2.45) is 7.05 Å². The summed E-state index contributed by atoms with van der Waals surface area (Å²) >= 11 is 6.50. The third kappa shape index (κ3) is 4.35. The lowest BCUT2D eigenvalue weighted by Gasteiger charge is -2.19. The Balaban J connectivity index is 2.33. The van der Waals surface area contributed by atoms with Crippen LogP contribution in [0.5, 0.6) is 17.2 Å². The van der Waals surface area contributed by atoms with Crippen molar-refractivity contribution in [1.82, 2.24) is 4.57 Å². The van der Waals surface area contributed by atoms with Gasteiger partial charge >= 0.3 is 0 Å². The van der Waals surface area contributed by atoms with Crippen molar-refractivity contribution in [3.63, 3.8) is 0 Å². The van der Waals surface area contributed by atoms with Crippen LogP contribution in [0.15, 0.2) is 41.2 Å². The zero-order valence-electron chi connectivity index (χ0n) is 17.3. The Kier molecular flexibility index (Phi) is 6.82. The van der Waals surface area contributed by atoms with Crippen LogP contribution in [-0.4, -0.2) is 32.7 Å². The first kappa shape index (κ1) is 22.6. The van der Waals surface area contributed by atoms with Gasteiger partial charge in [-0.2, -0.15) is 0 Å². The van der Waals surface area contributed by atoms with Gasteiger partial charge in [-0.25, -0.2) is 8.78 Å². The second kappa shape index (κ2) is 9.36. The molecule has 3 aromatic rings. The quantitative estimate of drug-likeness (QED) is 0.489. The highest BCUT2D eigenvalue weighted by Crippen LogP contribution is 2.43. The Morgan fingerprint density at radius 3 is 2.19 bits per heavy atom. The molecule has 0 bridgehead atoms. The van der Waals surface area contributed by atoms with Crippen LogP contribution in [0.2, 0.25) is 5.02 Å². The third-order valence-electron chi connectivity index (χ3n) is 4.67. The van der Waals surface area contributed by atoms with Gasteiger partial charge in [0.2, 0.25) is 0 Å². The van der Waals surface area contributed by atoms with Crippen LogP contribution in [0.25, 0.3) is 22.4 Å². The summed E-state index contributed by atoms with van der Waals surface area (Å²) in [5.41, 5.74) is -0.173. The molecule has 0 saturated carbocycles. The normalized spacial score (nSPS) is 10.8. The molecule has 0 aliphatic rings. The molecule has 3 rings (SSSR count). The number of halogens is 3. The van der Waals surface area contributed by atoms with Gasteiger partial charge in [-0.05, 0) is 12.1 Å². The van der Waals surface area contributed by atoms with E-state index in [0.29, 0.717) is 22.6 Å². The topological polar surface area (TPSA) is 58.9 Å². The summed E-state index contributed by atoms with van der Waals surface area (Å²) in [6, 6.07) is 7.95. The molecule has 0 unspecified atom stereocenters. The smallest absolute Gasteiger partial charge is 0.250 e. The highest BCUT2D eigenvalue weighted by molar-refractivity contribution is 6.35. The first-order chi connectivity index (χ1) is 14.8. The lowest BCUT2D eigenvalue weighted by molar-refractivity contribution is 0.0507. The maximum atomic E-state index is 15.1. The van der Waals surface area contributed by atoms with Crippen molar-refractivity contribution in [3.05, 3.63) is 63.4 Å². The fourth-order valence-corrected chi connectivity index (χ4v) is 3.47. The molecule has 0 amide bonds. The van der Waals surface area contributed by atoms with E-state index in [1.54, 1.807) is 12.1 Å². The molecular weight excluding hydrogens is 432 g/mol. The van der Waals surface area contributed by atoms with Crippen LogP contribution in [0.1, 0.15) is 0 Å². The van der Waals surface area contributed by atoms with Crippen LogP contribution in [0, 0.1) is 11.6 Å². The first-order valence-corrected chi connectivity index (χ1v) is 9.43. The van der Waals surface area contributed by atoms with Gasteiger partial charge in [0.05, 0.1) is 30.5 Å². The van der Waals surface area contributed by atoms with E-state index in [1.165, 1.54) is 40.5 Å². The van der Waals surface area contributed by atoms with Crippen molar-refractivity contribution in [2.75, 3.05) is 28.1 Å². The maximum absolute atomic E-state index is 15.1. The number of pyridine rings is 1. The molecule has 0 fully saturated rings. The highest BCUT2D eigenvalue weighted by atomic mass is 35.5. The van der Waals surface area contributed by atoms with E-state index in [0.717, 1.165) is 16.7 Å². The minimum absolute atomic E-state index is 0.00185. The lowest BCUT2D eigenvalue weighted by Crippen LogP contribution is -2.19. The Morgan fingerprint density at radius 2 is 1.61 bits per heavy atom. The highest BCUT2D eigenvalue weighted by Gasteiger charge is 2.23. The number of nitrogens with zero attached hydrogens (tertiary/aromatic N) is 1. The average Bonchev–Trinajstić information content (AvgIpc) is 2.75. The van der Waals surface area contributed by atoms with Gasteiger partial charge in [0, 0.05) is 49.5 Å². The molecule has 0 saturated heterocycles. The zero-order valence-corrected chi connectivity index (χ0v) is 18.0. The van der Waals surface area contributed by atoms with Crippen molar-refractivity contribution in [2.45, 2.75) is 0 Å². The maximum Gasteiger partial charge on any atom is 0.250 e. The molecule has 1 aromatic heterocycles. The van der Waals surface area contributed by atoms with Crippen LogP contribution >= 0.6 is 11.6 Å². The number of hydrogen-bond acceptors (Lipinski definition) is 5. The Bertz CT molecular complexity index is 1160. The van der Waals surface area contributed by atoms with Crippen molar-refractivity contribution in [1.29, 1.82) is 0 Å². The summed E-state index contributed by atoms with van der Waals surface area (Å²) in [6.45, 7) is -0.174. The summed E-state index contributed by atoms with van der Waals surface area (Å²) in [5, 5.41) is 0.198. The fourth-order valence-electron chi connectivity index (χ4n) is 3.18. The van der Waals surface area contributed by atoms with Gasteiger partial charge in [-0.15, -0.1) is 0 Å². The molecular formula is C22H20ClF2NO5. The predicted octanol–water partition coefficient (Wildman–Crippen LogP) is 4.65. The minimum atomic E-state index is -0.917. The van der Waals surface area contributed by atoms with Crippen LogP contribution in [-0.2, 0) is 11.8 Å². The van der Waals surface area contributed by atoms with E-state index < -0.39 is 22.8 Å². The second-order valence-corrected chi connectivity index (χ2v) is 6.87. The number of ether oxygens (including phenoxy) is 4. The van der Waals surface area contributed by atoms with E-state index in [9.17, 15) is 4.79 Å². The van der Waals surface area contributed by atoms with Gasteiger partial charge < -0.3 is 23.5 Å². The average molecular weight is 452 g/mol. The van der Waals surface area contributed by atoms with Crippen LogP contribution in [0.4, 0.5) is 8.78 Å². The lowest BCUT2D eigenvalue weighted by atomic mass is 9.97. The summed E-state index contributed by atoms with van der Waals surface area (Å²) in [7, 11) is 5.70. The van der Waals surface area contributed by atoms with E-state index >= 15 is 8.78 Å². The molecule has 2 aromatic carbocycles. The van der Waals surface area contributed by atoms with E-state index in [2.05, 4.69) is 0 Å². The molecule has 1 heterocycles. The van der Waals surface area contributed by atoms with Gasteiger partial charge in [0.25, 0.3) is 5.56 Å². The summed E-state index contributed by atoms with van der Waals surface area (Å²) in [6.07, 6.45) is 0. The number of rotatable bonds is 7. The molecule has 164 valence electrons. The van der Waals surface area contributed by atoms with Gasteiger partial charge in [0.15, 0.2) is 6.79 Å². The second-order valence-electron chi connectivity index (χ2n) is 6.50. The minimum Gasteiger partial charge on any atom is -0.497 e. The molecule has 0 aliphatic carbocycles. The summed E-state index contributed by atoms with van der Waals surface area (Å²) in [5.74, 6) is -1.16. The molecule has 0 spiro atoms. The molecule has 0 aliphatic heterocycles. The van der Waals surface area contributed by atoms with Crippen LogP contribution < -0.4 is 19.8 Å². The number of hydrogen-bond donors (Lipinski definition) is 0. The predicted molar refractivity (Wildman–Crippen MR) is 113 cm³/mol. The number of methoxy groups -OCH3 is 3. The van der Waals surface area contributed by atoms with E-state index in [4.69, 9.17) is 30.5 Å². The summed E-state index contributed by atoms with van der Waals surface area (Å²) < 4.78 is 51.7. The molecule has 31 heavy (non-hydrogen) atoms. The monoisotopic (exact) mass is 451 g/mol. The van der Waals surface area contributed by atoms with Crippen molar-refractivity contribution in [3.8, 4) is 39.6 Å². The SMILES string of the molecule is COCOc1cc(F)c(-c2c(-c3cc(OC)cc(OC)c3Cl)ccc(=O)n2C)c(F)c1. The first-order valence-electron chi connectivity index (χ1n) is 9.05. The van der Waals surface area contributed by atoms with Gasteiger partial charge in [0.1, 0.15) is 28.9 Å². The van der Waals surface area contributed by atoms with E-state index in [1.807, 2.05) is 0 Å². The molecule has 0 atom stereocenters. The standard InChI is InChI=1S/C22H20ClF2NO5/c1-26-19(27)6-5-14(15-7-12(29-3)10-18(30-4)21(15)23)22(26)20-16(24)8-13(9-17(20)25)31-11-28-2/h5-10H,11H2,1-4H3. The molecule has 9 heteroatoms. The van der Waals surface area contributed by atoms with Crippen molar-refractivity contribution >= 4 is 11.6 Å². The number of aromatic nitrogens is 1. The Labute approximate surface area is 182 Å². The van der Waals surface area contributed by atoms with Gasteiger partial charge in [-0.1, -0.05) is 11.6 Å². The molecule has 0 radical (unpaired) electrons. The number of benzene rings is 2. The molecule has 6 nitrogen and oxygen atoms in total.